The summed E-state index contributed by atoms with van der Waals surface area (Å²) in [7, 11) is -2.08. The molecule has 0 atom stereocenters. The van der Waals surface area contributed by atoms with Crippen LogP contribution in [0.1, 0.15) is 35.9 Å². The molecular weight excluding hydrogens is 430 g/mol. The first-order valence-corrected chi connectivity index (χ1v) is 11.5. The number of nitrogens with zero attached hydrogens (tertiary/aromatic N) is 1. The molecule has 3 rings (SSSR count). The van der Waals surface area contributed by atoms with Gasteiger partial charge in [-0.1, -0.05) is 42.4 Å². The number of ether oxygens (including phenoxy) is 1. The molecule has 0 aliphatic rings. The molecular formula is C23H25N3O5S. The predicted molar refractivity (Wildman–Crippen MR) is 123 cm³/mol. The van der Waals surface area contributed by atoms with Crippen molar-refractivity contribution < 1.29 is 22.5 Å². The van der Waals surface area contributed by atoms with Crippen molar-refractivity contribution in [3.8, 4) is 5.75 Å². The highest BCUT2D eigenvalue weighted by Crippen LogP contribution is 2.23. The third-order valence-electron chi connectivity index (χ3n) is 4.72. The Bertz CT molecular complexity index is 1200. The summed E-state index contributed by atoms with van der Waals surface area (Å²) in [5.41, 5.74) is 2.69. The van der Waals surface area contributed by atoms with Crippen LogP contribution in [0.3, 0.4) is 0 Å². The molecule has 0 saturated carbocycles. The number of sulfonamides is 1. The third kappa shape index (κ3) is 5.83. The normalized spacial score (nSPS) is 11.6. The van der Waals surface area contributed by atoms with Crippen molar-refractivity contribution in [3.63, 3.8) is 0 Å². The molecule has 1 heterocycles. The average Bonchev–Trinajstić information content (AvgIpc) is 3.15. The molecule has 2 N–H and O–H groups in total. The van der Waals surface area contributed by atoms with Gasteiger partial charge in [0.15, 0.2) is 5.76 Å². The maximum Gasteiger partial charge on any atom is 0.240 e. The minimum absolute atomic E-state index is 0.136. The SMILES string of the molecule is CCC(=O)Nc1c(C)noc1C=Cc1ccc(S(=O)(=O)NCc2ccc(OC)cc2)cc1. The smallest absolute Gasteiger partial charge is 0.240 e. The summed E-state index contributed by atoms with van der Waals surface area (Å²) < 4.78 is 38.1. The third-order valence-corrected chi connectivity index (χ3v) is 6.13. The summed E-state index contributed by atoms with van der Waals surface area (Å²) in [5.74, 6) is 0.991. The van der Waals surface area contributed by atoms with Crippen molar-refractivity contribution in [1.29, 1.82) is 0 Å². The molecule has 32 heavy (non-hydrogen) atoms. The molecule has 8 nitrogen and oxygen atoms in total. The topological polar surface area (TPSA) is 111 Å². The average molecular weight is 456 g/mol. The van der Waals surface area contributed by atoms with Crippen LogP contribution in [-0.2, 0) is 21.4 Å². The predicted octanol–water partition coefficient (Wildman–Crippen LogP) is 3.99. The van der Waals surface area contributed by atoms with E-state index in [4.69, 9.17) is 9.26 Å². The first kappa shape index (κ1) is 23.2. The Morgan fingerprint density at radius 2 is 1.78 bits per heavy atom. The lowest BCUT2D eigenvalue weighted by molar-refractivity contribution is -0.115. The number of hydrogen-bond acceptors (Lipinski definition) is 6. The van der Waals surface area contributed by atoms with Gasteiger partial charge in [-0.2, -0.15) is 0 Å². The van der Waals surface area contributed by atoms with Gasteiger partial charge in [-0.3, -0.25) is 4.79 Å². The van der Waals surface area contributed by atoms with Crippen LogP contribution in [0, 0.1) is 6.92 Å². The van der Waals surface area contributed by atoms with Gasteiger partial charge < -0.3 is 14.6 Å². The van der Waals surface area contributed by atoms with Crippen LogP contribution in [0.2, 0.25) is 0 Å². The Labute approximate surface area is 187 Å². The number of methoxy groups -OCH3 is 1. The largest absolute Gasteiger partial charge is 0.497 e. The number of nitrogens with one attached hydrogen (secondary N) is 2. The highest BCUT2D eigenvalue weighted by atomic mass is 32.2. The highest BCUT2D eigenvalue weighted by molar-refractivity contribution is 7.89. The van der Waals surface area contributed by atoms with E-state index in [1.165, 1.54) is 12.1 Å². The molecule has 0 unspecified atom stereocenters. The second-order valence-corrected chi connectivity index (χ2v) is 8.75. The maximum absolute atomic E-state index is 12.6. The van der Waals surface area contributed by atoms with Gasteiger partial charge in [-0.05, 0) is 48.4 Å². The number of carbonyl (C=O) groups excluding carboxylic acids is 1. The van der Waals surface area contributed by atoms with E-state index >= 15 is 0 Å². The lowest BCUT2D eigenvalue weighted by atomic mass is 10.2. The van der Waals surface area contributed by atoms with E-state index in [1.807, 2.05) is 0 Å². The zero-order valence-corrected chi connectivity index (χ0v) is 18.9. The zero-order valence-electron chi connectivity index (χ0n) is 18.1. The van der Waals surface area contributed by atoms with E-state index in [0.717, 1.165) is 11.1 Å². The summed E-state index contributed by atoms with van der Waals surface area (Å²) in [6.07, 6.45) is 3.77. The number of aryl methyl sites for hydroxylation is 1. The molecule has 0 radical (unpaired) electrons. The Kier molecular flexibility index (Phi) is 7.45. The number of aromatic nitrogens is 1. The van der Waals surface area contributed by atoms with Crippen molar-refractivity contribution in [2.45, 2.75) is 31.7 Å². The first-order chi connectivity index (χ1) is 15.3. The van der Waals surface area contributed by atoms with E-state index in [9.17, 15) is 13.2 Å². The molecule has 168 valence electrons. The van der Waals surface area contributed by atoms with Crippen molar-refractivity contribution in [2.75, 3.05) is 12.4 Å². The quantitative estimate of drug-likeness (QED) is 0.505. The lowest BCUT2D eigenvalue weighted by Crippen LogP contribution is -2.23. The highest BCUT2D eigenvalue weighted by Gasteiger charge is 2.14. The molecule has 1 amide bonds. The minimum atomic E-state index is -3.66. The molecule has 9 heteroatoms. The van der Waals surface area contributed by atoms with Gasteiger partial charge in [-0.25, -0.2) is 13.1 Å². The molecule has 0 bridgehead atoms. The van der Waals surface area contributed by atoms with Gasteiger partial charge in [0.2, 0.25) is 15.9 Å². The number of benzene rings is 2. The van der Waals surface area contributed by atoms with Crippen LogP contribution in [0.5, 0.6) is 5.75 Å². The number of rotatable bonds is 9. The zero-order chi connectivity index (χ0) is 23.1. The van der Waals surface area contributed by atoms with Gasteiger partial charge in [0.25, 0.3) is 0 Å². The lowest BCUT2D eigenvalue weighted by Gasteiger charge is -2.08. The van der Waals surface area contributed by atoms with Crippen molar-refractivity contribution in [1.82, 2.24) is 9.88 Å². The summed E-state index contributed by atoms with van der Waals surface area (Å²) in [4.78, 5) is 11.9. The molecule has 0 saturated heterocycles. The van der Waals surface area contributed by atoms with Crippen LogP contribution < -0.4 is 14.8 Å². The van der Waals surface area contributed by atoms with Crippen LogP contribution in [0.15, 0.2) is 57.9 Å². The van der Waals surface area contributed by atoms with Crippen molar-refractivity contribution >= 4 is 33.8 Å². The maximum atomic E-state index is 12.6. The number of amides is 1. The molecule has 0 fully saturated rings. The number of hydrogen-bond donors (Lipinski definition) is 2. The molecule has 0 aliphatic heterocycles. The van der Waals surface area contributed by atoms with Gasteiger partial charge >= 0.3 is 0 Å². The Morgan fingerprint density at radius 1 is 1.09 bits per heavy atom. The molecule has 1 aromatic heterocycles. The Morgan fingerprint density at radius 3 is 2.41 bits per heavy atom. The molecule has 3 aromatic rings. The van der Waals surface area contributed by atoms with E-state index < -0.39 is 10.0 Å². The summed E-state index contributed by atoms with van der Waals surface area (Å²) in [6.45, 7) is 3.67. The molecule has 0 aliphatic carbocycles. The standard InChI is InChI=1S/C23H25N3O5S/c1-4-22(27)25-23-16(2)26-31-21(23)14-9-17-7-12-20(13-8-17)32(28,29)24-15-18-5-10-19(30-3)11-6-18/h5-14,24H,4,15H2,1-3H3,(H,25,27). The second-order valence-electron chi connectivity index (χ2n) is 6.98. The molecule has 0 spiro atoms. The van der Waals surface area contributed by atoms with Crippen LogP contribution in [0.4, 0.5) is 5.69 Å². The van der Waals surface area contributed by atoms with Crippen LogP contribution in [-0.4, -0.2) is 26.6 Å². The fourth-order valence-electron chi connectivity index (χ4n) is 2.82. The van der Waals surface area contributed by atoms with E-state index in [0.29, 0.717) is 29.3 Å². The fourth-order valence-corrected chi connectivity index (χ4v) is 3.83. The van der Waals surface area contributed by atoms with Crippen LogP contribution >= 0.6 is 0 Å². The minimum Gasteiger partial charge on any atom is -0.497 e. The number of anilines is 1. The van der Waals surface area contributed by atoms with E-state index in [2.05, 4.69) is 15.2 Å². The second kappa shape index (κ2) is 10.3. The van der Waals surface area contributed by atoms with Crippen molar-refractivity contribution in [3.05, 3.63) is 71.1 Å². The van der Waals surface area contributed by atoms with Gasteiger partial charge in [0.05, 0.1) is 12.0 Å². The van der Waals surface area contributed by atoms with E-state index in [1.54, 1.807) is 69.5 Å². The molecule has 2 aromatic carbocycles. The van der Waals surface area contributed by atoms with Crippen molar-refractivity contribution in [2.24, 2.45) is 0 Å². The Hall–Kier alpha value is -3.43. The Balaban J connectivity index is 1.67. The van der Waals surface area contributed by atoms with Gasteiger partial charge in [0, 0.05) is 13.0 Å². The van der Waals surface area contributed by atoms with Gasteiger partial charge in [0.1, 0.15) is 17.1 Å². The summed E-state index contributed by atoms with van der Waals surface area (Å²) >= 11 is 0. The van der Waals surface area contributed by atoms with Crippen LogP contribution in [0.25, 0.3) is 12.2 Å². The fraction of sp³-hybridized carbons (Fsp3) is 0.217. The summed E-state index contributed by atoms with van der Waals surface area (Å²) in [5, 5.41) is 6.65. The number of carbonyl (C=O) groups is 1. The first-order valence-electron chi connectivity index (χ1n) is 9.99. The summed E-state index contributed by atoms with van der Waals surface area (Å²) in [6, 6.07) is 13.6. The van der Waals surface area contributed by atoms with Gasteiger partial charge in [-0.15, -0.1) is 0 Å². The van der Waals surface area contributed by atoms with E-state index in [-0.39, 0.29) is 17.3 Å². The monoisotopic (exact) mass is 455 g/mol.